The molecule has 1 saturated heterocycles. The van der Waals surface area contributed by atoms with Crippen LogP contribution < -0.4 is 5.32 Å². The van der Waals surface area contributed by atoms with Gasteiger partial charge in [0.05, 0.1) is 21.8 Å². The molecule has 168 valence electrons. The summed E-state index contributed by atoms with van der Waals surface area (Å²) in [7, 11) is 1.79. The molecule has 0 aliphatic carbocycles. The smallest absolute Gasteiger partial charge is 0.255 e. The lowest BCUT2D eigenvalue weighted by Crippen LogP contribution is -2.38. The number of rotatable bonds is 6. The fourth-order valence-electron chi connectivity index (χ4n) is 4.49. The Morgan fingerprint density at radius 3 is 2.88 bits per heavy atom. The third-order valence-corrected chi connectivity index (χ3v) is 7.04. The molecule has 1 atom stereocenters. The highest BCUT2D eigenvalue weighted by molar-refractivity contribution is 7.16. The highest BCUT2D eigenvalue weighted by atomic mass is 32.1. The number of benzene rings is 3. The highest BCUT2D eigenvalue weighted by Gasteiger charge is 2.21. The van der Waals surface area contributed by atoms with Crippen LogP contribution in [0.5, 0.6) is 0 Å². The molecule has 2 heterocycles. The van der Waals surface area contributed by atoms with Gasteiger partial charge < -0.3 is 10.1 Å². The van der Waals surface area contributed by atoms with Crippen LogP contribution in [0, 0.1) is 0 Å². The molecule has 1 aliphatic heterocycles. The molecule has 1 N–H and O–H groups in total. The van der Waals surface area contributed by atoms with Crippen LogP contribution in [0.1, 0.15) is 28.8 Å². The summed E-state index contributed by atoms with van der Waals surface area (Å²) in [5, 5.41) is 3.04. The molecule has 3 aromatic carbocycles. The van der Waals surface area contributed by atoms with Gasteiger partial charge in [-0.1, -0.05) is 36.4 Å². The summed E-state index contributed by atoms with van der Waals surface area (Å²) in [6.45, 7) is 2.74. The van der Waals surface area contributed by atoms with Gasteiger partial charge in [-0.05, 0) is 66.4 Å². The van der Waals surface area contributed by atoms with Crippen LogP contribution >= 0.6 is 11.3 Å². The van der Waals surface area contributed by atoms with Gasteiger partial charge >= 0.3 is 0 Å². The molecule has 1 aliphatic rings. The van der Waals surface area contributed by atoms with E-state index in [1.54, 1.807) is 18.4 Å². The Kier molecular flexibility index (Phi) is 6.48. The molecule has 6 heteroatoms. The van der Waals surface area contributed by atoms with Crippen LogP contribution in [0.3, 0.4) is 0 Å². The second kappa shape index (κ2) is 9.83. The van der Waals surface area contributed by atoms with Crippen molar-refractivity contribution < 1.29 is 9.53 Å². The zero-order valence-corrected chi connectivity index (χ0v) is 19.5. The Labute approximate surface area is 198 Å². The molecule has 4 aromatic rings. The van der Waals surface area contributed by atoms with Gasteiger partial charge in [-0.15, -0.1) is 11.3 Å². The van der Waals surface area contributed by atoms with Gasteiger partial charge in [0.2, 0.25) is 0 Å². The topological polar surface area (TPSA) is 54.5 Å². The highest BCUT2D eigenvalue weighted by Crippen LogP contribution is 2.28. The standard InChI is InChI=1S/C27H27N3O2S/c1-32-23-8-5-13-30(17-23)16-21-14-20(9-11-24(21)19-6-3-2-4-7-19)27(31)29-22-10-12-26-25(15-22)28-18-33-26/h2-4,6-7,9-12,14-15,18,23H,5,8,13,16-17H2,1H3,(H,29,31). The van der Waals surface area contributed by atoms with Gasteiger partial charge in [0.1, 0.15) is 0 Å². The number of ether oxygens (including phenoxy) is 1. The number of nitrogens with one attached hydrogen (secondary N) is 1. The second-order valence-electron chi connectivity index (χ2n) is 8.46. The van der Waals surface area contributed by atoms with E-state index >= 15 is 0 Å². The number of hydrogen-bond donors (Lipinski definition) is 1. The summed E-state index contributed by atoms with van der Waals surface area (Å²) in [5.41, 5.74) is 7.61. The lowest BCUT2D eigenvalue weighted by Gasteiger charge is -2.32. The maximum absolute atomic E-state index is 13.1. The van der Waals surface area contributed by atoms with Crippen LogP contribution in [-0.4, -0.2) is 42.1 Å². The summed E-state index contributed by atoms with van der Waals surface area (Å²) < 4.78 is 6.73. The van der Waals surface area contributed by atoms with Crippen molar-refractivity contribution in [3.05, 3.63) is 83.4 Å². The lowest BCUT2D eigenvalue weighted by molar-refractivity contribution is 0.0286. The van der Waals surface area contributed by atoms with Crippen LogP contribution in [-0.2, 0) is 11.3 Å². The predicted molar refractivity (Wildman–Crippen MR) is 135 cm³/mol. The van der Waals surface area contributed by atoms with Crippen molar-refractivity contribution in [3.63, 3.8) is 0 Å². The zero-order chi connectivity index (χ0) is 22.6. The SMILES string of the molecule is COC1CCCN(Cc2cc(C(=O)Nc3ccc4scnc4c3)ccc2-c2ccccc2)C1. The Balaban J connectivity index is 1.42. The molecule has 1 fully saturated rings. The van der Waals surface area contributed by atoms with Crippen molar-refractivity contribution >= 4 is 33.1 Å². The van der Waals surface area contributed by atoms with Gasteiger partial charge in [0.15, 0.2) is 0 Å². The van der Waals surface area contributed by atoms with Gasteiger partial charge in [-0.2, -0.15) is 0 Å². The maximum Gasteiger partial charge on any atom is 0.255 e. The van der Waals surface area contributed by atoms with Crippen LogP contribution in [0.15, 0.2) is 72.2 Å². The summed E-state index contributed by atoms with van der Waals surface area (Å²) in [5.74, 6) is -0.112. The average molecular weight is 458 g/mol. The molecule has 0 spiro atoms. The molecule has 1 unspecified atom stereocenters. The third-order valence-electron chi connectivity index (χ3n) is 6.23. The molecule has 5 rings (SSSR count). The molecule has 0 bridgehead atoms. The molecule has 5 nitrogen and oxygen atoms in total. The number of thiazole rings is 1. The Morgan fingerprint density at radius 2 is 2.03 bits per heavy atom. The zero-order valence-electron chi connectivity index (χ0n) is 18.7. The molecule has 0 saturated carbocycles. The first-order chi connectivity index (χ1) is 16.2. The Hall–Kier alpha value is -3.06. The van der Waals surface area contributed by atoms with E-state index in [9.17, 15) is 4.79 Å². The fraction of sp³-hybridized carbons (Fsp3) is 0.259. The number of fused-ring (bicyclic) bond motifs is 1. The second-order valence-corrected chi connectivity index (χ2v) is 9.35. The van der Waals surface area contributed by atoms with E-state index in [4.69, 9.17) is 4.74 Å². The molecular formula is C27H27N3O2S. The van der Waals surface area contributed by atoms with Gasteiger partial charge in [0, 0.05) is 31.5 Å². The number of methoxy groups -OCH3 is 1. The average Bonchev–Trinajstić information content (AvgIpc) is 3.32. The summed E-state index contributed by atoms with van der Waals surface area (Å²) >= 11 is 1.59. The normalized spacial score (nSPS) is 16.7. The first-order valence-electron chi connectivity index (χ1n) is 11.3. The minimum Gasteiger partial charge on any atom is -0.380 e. The molecule has 1 amide bonds. The van der Waals surface area contributed by atoms with Gasteiger partial charge in [-0.3, -0.25) is 9.69 Å². The molecule has 1 aromatic heterocycles. The first-order valence-corrected chi connectivity index (χ1v) is 12.2. The quantitative estimate of drug-likeness (QED) is 0.396. The summed E-state index contributed by atoms with van der Waals surface area (Å²) in [4.78, 5) is 19.9. The van der Waals surface area contributed by atoms with Crippen molar-refractivity contribution in [3.8, 4) is 11.1 Å². The van der Waals surface area contributed by atoms with E-state index in [1.165, 1.54) is 0 Å². The maximum atomic E-state index is 13.1. The van der Waals surface area contributed by atoms with Crippen molar-refractivity contribution in [2.45, 2.75) is 25.5 Å². The van der Waals surface area contributed by atoms with E-state index in [0.717, 1.165) is 65.1 Å². The van der Waals surface area contributed by atoms with E-state index in [1.807, 2.05) is 41.9 Å². The van der Waals surface area contributed by atoms with Crippen LogP contribution in [0.25, 0.3) is 21.3 Å². The fourth-order valence-corrected chi connectivity index (χ4v) is 5.15. The monoisotopic (exact) mass is 457 g/mol. The first kappa shape index (κ1) is 21.8. The minimum absolute atomic E-state index is 0.112. The van der Waals surface area contributed by atoms with Crippen molar-refractivity contribution in [1.82, 2.24) is 9.88 Å². The number of aromatic nitrogens is 1. The van der Waals surface area contributed by atoms with E-state index in [-0.39, 0.29) is 12.0 Å². The number of piperidine rings is 1. The molecular weight excluding hydrogens is 430 g/mol. The Morgan fingerprint density at radius 1 is 1.15 bits per heavy atom. The molecule has 33 heavy (non-hydrogen) atoms. The van der Waals surface area contributed by atoms with E-state index < -0.39 is 0 Å². The van der Waals surface area contributed by atoms with Crippen LogP contribution in [0.2, 0.25) is 0 Å². The van der Waals surface area contributed by atoms with Crippen molar-refractivity contribution in [1.29, 1.82) is 0 Å². The number of amides is 1. The summed E-state index contributed by atoms with van der Waals surface area (Å²) in [6.07, 6.45) is 2.49. The predicted octanol–water partition coefficient (Wildman–Crippen LogP) is 5.83. The number of carbonyl (C=O) groups is 1. The Bertz CT molecular complexity index is 1250. The lowest BCUT2D eigenvalue weighted by atomic mass is 9.96. The number of nitrogens with zero attached hydrogens (tertiary/aromatic N) is 2. The van der Waals surface area contributed by atoms with Crippen LogP contribution in [0.4, 0.5) is 5.69 Å². The number of anilines is 1. The van der Waals surface area contributed by atoms with Gasteiger partial charge in [0.25, 0.3) is 5.91 Å². The number of likely N-dealkylation sites (tertiary alicyclic amines) is 1. The minimum atomic E-state index is -0.112. The number of hydrogen-bond acceptors (Lipinski definition) is 5. The van der Waals surface area contributed by atoms with Gasteiger partial charge in [-0.25, -0.2) is 4.98 Å². The number of carbonyl (C=O) groups excluding carboxylic acids is 1. The summed E-state index contributed by atoms with van der Waals surface area (Å²) in [6, 6.07) is 22.2. The van der Waals surface area contributed by atoms with E-state index in [0.29, 0.717) is 5.56 Å². The van der Waals surface area contributed by atoms with Crippen molar-refractivity contribution in [2.75, 3.05) is 25.5 Å². The molecule has 0 radical (unpaired) electrons. The largest absolute Gasteiger partial charge is 0.380 e. The third kappa shape index (κ3) is 4.98. The van der Waals surface area contributed by atoms with E-state index in [2.05, 4.69) is 45.5 Å². The van der Waals surface area contributed by atoms with Crippen molar-refractivity contribution in [2.24, 2.45) is 0 Å².